The number of halogens is 3. The third kappa shape index (κ3) is 6.20. The molecular weight excluding hydrogens is 517 g/mol. The van der Waals surface area contributed by atoms with Gasteiger partial charge in [0.25, 0.3) is 0 Å². The summed E-state index contributed by atoms with van der Waals surface area (Å²) >= 11 is 0. The van der Waals surface area contributed by atoms with Gasteiger partial charge in [0.2, 0.25) is 11.8 Å². The second-order valence-corrected chi connectivity index (χ2v) is 9.48. The molecule has 0 saturated carbocycles. The fourth-order valence-electron chi connectivity index (χ4n) is 4.77. The number of carbonyl (C=O) groups is 2. The molecule has 40 heavy (non-hydrogen) atoms. The van der Waals surface area contributed by atoms with Crippen molar-refractivity contribution in [1.82, 2.24) is 15.3 Å². The summed E-state index contributed by atoms with van der Waals surface area (Å²) in [7, 11) is 0. The fourth-order valence-corrected chi connectivity index (χ4v) is 4.77. The lowest BCUT2D eigenvalue weighted by Gasteiger charge is -2.22. The van der Waals surface area contributed by atoms with Gasteiger partial charge in [-0.25, -0.2) is 13.2 Å². The molecule has 202 valence electrons. The van der Waals surface area contributed by atoms with Gasteiger partial charge >= 0.3 is 0 Å². The highest BCUT2D eigenvalue weighted by atomic mass is 19.1. The maximum atomic E-state index is 14.0. The van der Waals surface area contributed by atoms with Crippen molar-refractivity contribution < 1.29 is 22.8 Å². The van der Waals surface area contributed by atoms with Gasteiger partial charge in [-0.1, -0.05) is 18.2 Å². The summed E-state index contributed by atoms with van der Waals surface area (Å²) in [5.41, 5.74) is 4.24. The third-order valence-corrected chi connectivity index (χ3v) is 6.46. The zero-order valence-corrected chi connectivity index (χ0v) is 21.5. The van der Waals surface area contributed by atoms with Crippen molar-refractivity contribution in [2.24, 2.45) is 0 Å². The molecule has 5 aromatic rings. The number of H-pyrrole nitrogens is 1. The molecule has 1 atom stereocenters. The average molecular weight is 543 g/mol. The number of nitrogens with zero attached hydrogens (tertiary/aromatic N) is 1. The van der Waals surface area contributed by atoms with Crippen molar-refractivity contribution in [3.05, 3.63) is 119 Å². The first-order valence-electron chi connectivity index (χ1n) is 12.6. The Bertz CT molecular complexity index is 1680. The van der Waals surface area contributed by atoms with Gasteiger partial charge in [0, 0.05) is 47.5 Å². The van der Waals surface area contributed by atoms with Gasteiger partial charge in [0.05, 0.1) is 18.2 Å². The maximum Gasteiger partial charge on any atom is 0.225 e. The molecule has 0 aliphatic carbocycles. The van der Waals surface area contributed by atoms with Crippen LogP contribution in [0.1, 0.15) is 29.8 Å². The summed E-state index contributed by atoms with van der Waals surface area (Å²) in [6.45, 7) is 1.42. The van der Waals surface area contributed by atoms with Crippen LogP contribution in [-0.4, -0.2) is 21.8 Å². The Morgan fingerprint density at radius 3 is 2.40 bits per heavy atom. The zero-order valence-electron chi connectivity index (χ0n) is 21.5. The predicted molar refractivity (Wildman–Crippen MR) is 147 cm³/mol. The van der Waals surface area contributed by atoms with Crippen LogP contribution < -0.4 is 10.6 Å². The van der Waals surface area contributed by atoms with Crippen molar-refractivity contribution in [1.29, 1.82) is 0 Å². The molecule has 0 bridgehead atoms. The van der Waals surface area contributed by atoms with Gasteiger partial charge in [0.15, 0.2) is 0 Å². The van der Waals surface area contributed by atoms with E-state index >= 15 is 0 Å². The van der Waals surface area contributed by atoms with E-state index in [4.69, 9.17) is 0 Å². The minimum absolute atomic E-state index is 0.0506. The van der Waals surface area contributed by atoms with Crippen molar-refractivity contribution >= 4 is 28.4 Å². The first-order valence-corrected chi connectivity index (χ1v) is 12.6. The summed E-state index contributed by atoms with van der Waals surface area (Å²) in [5, 5.41) is 6.29. The minimum Gasteiger partial charge on any atom is -0.361 e. The molecule has 2 amide bonds. The third-order valence-electron chi connectivity index (χ3n) is 6.46. The summed E-state index contributed by atoms with van der Waals surface area (Å²) in [5.74, 6) is -2.43. The van der Waals surface area contributed by atoms with Crippen LogP contribution in [0, 0.1) is 17.5 Å². The van der Waals surface area contributed by atoms with Crippen LogP contribution in [0.15, 0.2) is 85.2 Å². The molecule has 0 fully saturated rings. The van der Waals surface area contributed by atoms with E-state index in [1.165, 1.54) is 31.2 Å². The molecule has 9 heteroatoms. The van der Waals surface area contributed by atoms with Crippen LogP contribution in [0.3, 0.4) is 0 Å². The SMILES string of the molecule is CC(=O)Nc1ccc(-c2cccnc2[C@H](Cc2cc(F)cc(F)c2)NC(=O)Cc2c[nH]c3ccc(F)cc23)cc1. The number of carbonyl (C=O) groups excluding carboxylic acids is 2. The molecule has 6 nitrogen and oxygen atoms in total. The largest absolute Gasteiger partial charge is 0.361 e. The van der Waals surface area contributed by atoms with Crippen molar-refractivity contribution in [3.63, 3.8) is 0 Å². The Morgan fingerprint density at radius 1 is 0.925 bits per heavy atom. The lowest BCUT2D eigenvalue weighted by Crippen LogP contribution is -2.32. The second-order valence-electron chi connectivity index (χ2n) is 9.48. The first kappa shape index (κ1) is 26.7. The molecule has 2 heterocycles. The highest BCUT2D eigenvalue weighted by molar-refractivity contribution is 5.90. The number of amides is 2. The normalized spacial score (nSPS) is 11.8. The van der Waals surface area contributed by atoms with Crippen molar-refractivity contribution in [2.45, 2.75) is 25.8 Å². The van der Waals surface area contributed by atoms with Crippen LogP contribution in [0.2, 0.25) is 0 Å². The predicted octanol–water partition coefficient (Wildman–Crippen LogP) is 6.25. The Balaban J connectivity index is 1.48. The number of nitrogens with one attached hydrogen (secondary N) is 3. The maximum absolute atomic E-state index is 14.0. The van der Waals surface area contributed by atoms with Crippen LogP contribution in [0.25, 0.3) is 22.0 Å². The molecule has 0 saturated heterocycles. The zero-order chi connectivity index (χ0) is 28.2. The van der Waals surface area contributed by atoms with E-state index in [-0.39, 0.29) is 24.7 Å². The van der Waals surface area contributed by atoms with E-state index in [2.05, 4.69) is 20.6 Å². The highest BCUT2D eigenvalue weighted by Gasteiger charge is 2.22. The van der Waals surface area contributed by atoms with Gasteiger partial charge < -0.3 is 15.6 Å². The quantitative estimate of drug-likeness (QED) is 0.217. The summed E-state index contributed by atoms with van der Waals surface area (Å²) in [4.78, 5) is 32.3. The molecule has 0 spiro atoms. The second kappa shape index (κ2) is 11.4. The Labute approximate surface area is 228 Å². The van der Waals surface area contributed by atoms with E-state index in [1.54, 1.807) is 36.7 Å². The molecule has 0 aliphatic heterocycles. The topological polar surface area (TPSA) is 86.9 Å². The number of pyridine rings is 1. The van der Waals surface area contributed by atoms with Crippen LogP contribution in [0.4, 0.5) is 18.9 Å². The lowest BCUT2D eigenvalue weighted by atomic mass is 9.95. The highest BCUT2D eigenvalue weighted by Crippen LogP contribution is 2.30. The molecule has 3 N–H and O–H groups in total. The van der Waals surface area contributed by atoms with Gasteiger partial charge in [-0.3, -0.25) is 14.6 Å². The smallest absolute Gasteiger partial charge is 0.225 e. The Morgan fingerprint density at radius 2 is 1.68 bits per heavy atom. The summed E-state index contributed by atoms with van der Waals surface area (Å²) in [6, 6.07) is 17.5. The van der Waals surface area contributed by atoms with Gasteiger partial charge in [0.1, 0.15) is 17.5 Å². The number of hydrogen-bond donors (Lipinski definition) is 3. The first-order chi connectivity index (χ1) is 19.2. The van der Waals surface area contributed by atoms with E-state index in [1.807, 2.05) is 18.2 Å². The Kier molecular flexibility index (Phi) is 7.63. The summed E-state index contributed by atoms with van der Waals surface area (Å²) < 4.78 is 41.9. The standard InChI is InChI=1S/C31H25F3N4O2/c1-18(39)37-25-7-4-20(5-8-25)26-3-2-10-35-31(26)29(13-19-11-23(33)15-24(34)12-19)38-30(40)14-21-17-36-28-9-6-22(32)16-27(21)28/h2-12,15-17,29,36H,13-14H2,1H3,(H,37,39)(H,38,40)/t29-/m0/s1. The molecule has 0 unspecified atom stereocenters. The number of rotatable bonds is 8. The van der Waals surface area contributed by atoms with E-state index in [0.717, 1.165) is 11.6 Å². The van der Waals surface area contributed by atoms with Gasteiger partial charge in [-0.2, -0.15) is 0 Å². The van der Waals surface area contributed by atoms with E-state index in [9.17, 15) is 22.8 Å². The number of benzene rings is 3. The number of aromatic amines is 1. The van der Waals surface area contributed by atoms with E-state index in [0.29, 0.717) is 39.0 Å². The van der Waals surface area contributed by atoms with Gasteiger partial charge in [-0.15, -0.1) is 0 Å². The van der Waals surface area contributed by atoms with Crippen LogP contribution >= 0.6 is 0 Å². The minimum atomic E-state index is -0.748. The van der Waals surface area contributed by atoms with Gasteiger partial charge in [-0.05, 0) is 71.6 Å². The van der Waals surface area contributed by atoms with Crippen LogP contribution in [-0.2, 0) is 22.4 Å². The molecule has 2 aromatic heterocycles. The number of aromatic nitrogens is 2. The average Bonchev–Trinajstić information content (AvgIpc) is 3.29. The molecule has 0 aliphatic rings. The number of anilines is 1. The monoisotopic (exact) mass is 542 g/mol. The van der Waals surface area contributed by atoms with Crippen LogP contribution in [0.5, 0.6) is 0 Å². The summed E-state index contributed by atoms with van der Waals surface area (Å²) in [6.07, 6.45) is 3.25. The molecule has 3 aromatic carbocycles. The Hall–Kier alpha value is -4.92. The molecule has 5 rings (SSSR count). The van der Waals surface area contributed by atoms with E-state index < -0.39 is 23.5 Å². The fraction of sp³-hybridized carbons (Fsp3) is 0.129. The lowest BCUT2D eigenvalue weighted by molar-refractivity contribution is -0.121. The number of hydrogen-bond acceptors (Lipinski definition) is 3. The van der Waals surface area contributed by atoms with Crippen molar-refractivity contribution in [3.8, 4) is 11.1 Å². The number of fused-ring (bicyclic) bond motifs is 1. The molecular formula is C31H25F3N4O2. The molecule has 0 radical (unpaired) electrons. The van der Waals surface area contributed by atoms with Crippen molar-refractivity contribution in [2.75, 3.05) is 5.32 Å².